The van der Waals surface area contributed by atoms with Gasteiger partial charge in [-0.15, -0.1) is 0 Å². The minimum Gasteiger partial charge on any atom is -0.494 e. The fourth-order valence-electron chi connectivity index (χ4n) is 0.881. The van der Waals surface area contributed by atoms with Crippen LogP contribution in [0.1, 0.15) is 5.56 Å². The molecule has 0 spiro atoms. The van der Waals surface area contributed by atoms with Crippen molar-refractivity contribution in [1.82, 2.24) is 19.6 Å². The molecule has 0 aliphatic heterocycles. The molecule has 1 radical (unpaired) electrons. The van der Waals surface area contributed by atoms with Crippen LogP contribution in [0.15, 0.2) is 4.79 Å². The summed E-state index contributed by atoms with van der Waals surface area (Å²) in [7, 11) is 0. The number of fused-ring (bicyclic) bond motifs is 1. The van der Waals surface area contributed by atoms with E-state index in [0.717, 1.165) is 4.52 Å². The molecule has 65 valence electrons. The average Bonchev–Trinajstić information content (AvgIpc) is 2.48. The van der Waals surface area contributed by atoms with Gasteiger partial charge in [0.15, 0.2) is 0 Å². The average molecular weight is 254 g/mol. The van der Waals surface area contributed by atoms with Gasteiger partial charge in [-0.3, -0.25) is 19.4 Å². The fraction of sp³-hybridized carbons (Fsp3) is 0.167. The molecular formula is C6H5N4O2Y-. The number of aromatic amines is 1. The van der Waals surface area contributed by atoms with E-state index < -0.39 is 5.56 Å². The summed E-state index contributed by atoms with van der Waals surface area (Å²) in [5.74, 6) is -0.0965. The molecule has 7 heteroatoms. The van der Waals surface area contributed by atoms with Gasteiger partial charge in [-0.05, 0) is 13.3 Å². The zero-order valence-corrected chi connectivity index (χ0v) is 9.61. The van der Waals surface area contributed by atoms with Gasteiger partial charge < -0.3 is 10.1 Å². The summed E-state index contributed by atoms with van der Waals surface area (Å²) in [6.07, 6.45) is 2.35. The minimum absolute atomic E-state index is 0. The second-order valence-corrected chi connectivity index (χ2v) is 2.34. The number of nitrogens with one attached hydrogen (secondary N) is 1. The second-order valence-electron chi connectivity index (χ2n) is 2.34. The van der Waals surface area contributed by atoms with E-state index in [1.54, 1.807) is 0 Å². The molecule has 2 rings (SSSR count). The summed E-state index contributed by atoms with van der Waals surface area (Å²) < 4.78 is 1.04. The zero-order valence-electron chi connectivity index (χ0n) is 6.77. The van der Waals surface area contributed by atoms with E-state index in [0.29, 0.717) is 0 Å². The van der Waals surface area contributed by atoms with E-state index in [2.05, 4.69) is 21.4 Å². The Labute approximate surface area is 97.9 Å². The molecule has 2 aromatic heterocycles. The van der Waals surface area contributed by atoms with Crippen molar-refractivity contribution in [2.24, 2.45) is 0 Å². The summed E-state index contributed by atoms with van der Waals surface area (Å²) in [5, 5.41) is 12.7. The summed E-state index contributed by atoms with van der Waals surface area (Å²) >= 11 is 0. The van der Waals surface area contributed by atoms with E-state index in [1.165, 1.54) is 6.92 Å². The Hall–Kier alpha value is -0.746. The Morgan fingerprint density at radius 1 is 1.62 bits per heavy atom. The Morgan fingerprint density at radius 2 is 2.31 bits per heavy atom. The molecular weight excluding hydrogens is 249 g/mol. The Bertz CT molecular complexity index is 489. The first-order chi connectivity index (χ1) is 5.70. The molecule has 0 amide bonds. The van der Waals surface area contributed by atoms with Crippen LogP contribution >= 0.6 is 0 Å². The van der Waals surface area contributed by atoms with Crippen LogP contribution in [0, 0.1) is 13.3 Å². The fourth-order valence-corrected chi connectivity index (χ4v) is 0.881. The molecule has 0 aliphatic rings. The van der Waals surface area contributed by atoms with E-state index in [9.17, 15) is 4.79 Å². The van der Waals surface area contributed by atoms with Crippen molar-refractivity contribution in [2.75, 3.05) is 0 Å². The summed E-state index contributed by atoms with van der Waals surface area (Å²) in [6, 6.07) is 0. The third-order valence-electron chi connectivity index (χ3n) is 1.58. The number of hydrogen-bond acceptors (Lipinski definition) is 4. The van der Waals surface area contributed by atoms with E-state index in [-0.39, 0.29) is 49.9 Å². The van der Waals surface area contributed by atoms with Gasteiger partial charge in [0.25, 0.3) is 5.56 Å². The van der Waals surface area contributed by atoms with Gasteiger partial charge in [-0.2, -0.15) is 0 Å². The van der Waals surface area contributed by atoms with Crippen molar-refractivity contribution in [3.05, 3.63) is 22.2 Å². The van der Waals surface area contributed by atoms with E-state index in [1.807, 2.05) is 0 Å². The van der Waals surface area contributed by atoms with Crippen LogP contribution in [0.3, 0.4) is 0 Å². The molecule has 0 saturated heterocycles. The van der Waals surface area contributed by atoms with Crippen LogP contribution in [0.5, 0.6) is 5.88 Å². The molecule has 2 aromatic rings. The molecule has 0 unspecified atom stereocenters. The molecule has 0 atom stereocenters. The van der Waals surface area contributed by atoms with Crippen molar-refractivity contribution < 1.29 is 37.8 Å². The van der Waals surface area contributed by atoms with Crippen LogP contribution in [-0.2, 0) is 32.7 Å². The smallest absolute Gasteiger partial charge is 0.264 e. The molecule has 6 nitrogen and oxygen atoms in total. The van der Waals surface area contributed by atoms with Crippen molar-refractivity contribution in [3.8, 4) is 5.88 Å². The Balaban J connectivity index is 0.000000845. The van der Waals surface area contributed by atoms with Crippen LogP contribution in [0.4, 0.5) is 0 Å². The Morgan fingerprint density at radius 3 is 3.00 bits per heavy atom. The molecule has 0 saturated carbocycles. The number of aromatic nitrogens is 4. The molecule has 0 fully saturated rings. The molecule has 13 heavy (non-hydrogen) atoms. The van der Waals surface area contributed by atoms with Crippen molar-refractivity contribution >= 4 is 5.78 Å². The monoisotopic (exact) mass is 254 g/mol. The molecule has 2 N–H and O–H groups in total. The van der Waals surface area contributed by atoms with Crippen molar-refractivity contribution in [3.63, 3.8) is 0 Å². The molecule has 2 heterocycles. The third kappa shape index (κ3) is 1.51. The van der Waals surface area contributed by atoms with E-state index >= 15 is 0 Å². The van der Waals surface area contributed by atoms with Gasteiger partial charge in [0.1, 0.15) is 0 Å². The van der Waals surface area contributed by atoms with Crippen molar-refractivity contribution in [1.29, 1.82) is 0 Å². The SMILES string of the molecule is Cc1c(O)nc2[nH][c-]nn2c1=O.[Y]. The normalized spacial score (nSPS) is 9.92. The van der Waals surface area contributed by atoms with Crippen LogP contribution in [-0.4, -0.2) is 24.7 Å². The summed E-state index contributed by atoms with van der Waals surface area (Å²) in [6.45, 7) is 1.48. The maximum absolute atomic E-state index is 11.3. The number of rotatable bonds is 0. The standard InChI is InChI=1S/C6H5N4O2.Y/c1-3-4(11)9-6-7-2-8-10(6)5(3)12;/h11H,1H3,(H,7,8,9);/q-1;. The molecule has 0 bridgehead atoms. The van der Waals surface area contributed by atoms with E-state index in [4.69, 9.17) is 5.11 Å². The van der Waals surface area contributed by atoms with Gasteiger partial charge in [0.05, 0.1) is 11.3 Å². The first kappa shape index (κ1) is 10.3. The predicted molar refractivity (Wildman–Crippen MR) is 38.8 cm³/mol. The number of H-pyrrole nitrogens is 1. The summed E-state index contributed by atoms with van der Waals surface area (Å²) in [5.41, 5.74) is -0.219. The third-order valence-corrected chi connectivity index (χ3v) is 1.58. The molecule has 0 aromatic carbocycles. The first-order valence-electron chi connectivity index (χ1n) is 3.25. The van der Waals surface area contributed by atoms with Gasteiger partial charge in [0, 0.05) is 32.7 Å². The minimum atomic E-state index is -0.394. The van der Waals surface area contributed by atoms with Gasteiger partial charge in [0.2, 0.25) is 5.88 Å². The van der Waals surface area contributed by atoms with Crippen LogP contribution < -0.4 is 5.56 Å². The second kappa shape index (κ2) is 3.55. The Kier molecular flexibility index (Phi) is 2.82. The van der Waals surface area contributed by atoms with Crippen LogP contribution in [0.25, 0.3) is 5.78 Å². The maximum atomic E-state index is 11.3. The van der Waals surface area contributed by atoms with Gasteiger partial charge >= 0.3 is 0 Å². The summed E-state index contributed by atoms with van der Waals surface area (Å²) in [4.78, 5) is 17.4. The van der Waals surface area contributed by atoms with Crippen LogP contribution in [0.2, 0.25) is 0 Å². The molecule has 0 aliphatic carbocycles. The number of aromatic hydroxyl groups is 1. The zero-order chi connectivity index (χ0) is 8.72. The van der Waals surface area contributed by atoms with Crippen molar-refractivity contribution in [2.45, 2.75) is 6.92 Å². The van der Waals surface area contributed by atoms with Gasteiger partial charge in [-0.25, -0.2) is 0 Å². The number of hydrogen-bond donors (Lipinski definition) is 2. The quantitative estimate of drug-likeness (QED) is 0.604. The number of nitrogens with zero attached hydrogens (tertiary/aromatic N) is 3. The predicted octanol–water partition coefficient (Wildman–Crippen LogP) is -0.771. The topological polar surface area (TPSA) is 83.3 Å². The first-order valence-corrected chi connectivity index (χ1v) is 3.25. The maximum Gasteiger partial charge on any atom is 0.264 e. The largest absolute Gasteiger partial charge is 0.494 e. The van der Waals surface area contributed by atoms with Gasteiger partial charge in [-0.1, -0.05) is 0 Å².